The second-order valence-electron chi connectivity index (χ2n) is 7.30. The van der Waals surface area contributed by atoms with Gasteiger partial charge in [-0.25, -0.2) is 8.42 Å². The summed E-state index contributed by atoms with van der Waals surface area (Å²) >= 11 is 1.39. The molecule has 0 spiro atoms. The van der Waals surface area contributed by atoms with Crippen LogP contribution in [0.15, 0.2) is 52.3 Å². The van der Waals surface area contributed by atoms with Crippen LogP contribution in [0.25, 0.3) is 0 Å². The quantitative estimate of drug-likeness (QED) is 0.719. The first-order chi connectivity index (χ1) is 13.7. The summed E-state index contributed by atoms with van der Waals surface area (Å²) < 4.78 is 25.3. The number of hydrogen-bond acceptors (Lipinski definition) is 5. The zero-order valence-corrected chi connectivity index (χ0v) is 18.2. The van der Waals surface area contributed by atoms with Gasteiger partial charge in [0.05, 0.1) is 21.6 Å². The zero-order valence-electron chi connectivity index (χ0n) is 16.6. The number of benzene rings is 2. The van der Waals surface area contributed by atoms with Crippen molar-refractivity contribution in [3.05, 3.63) is 48.0 Å². The Labute approximate surface area is 175 Å². The molecule has 0 aliphatic carbocycles. The smallest absolute Gasteiger partial charge is 0.237 e. The first-order valence-corrected chi connectivity index (χ1v) is 11.9. The Balaban J connectivity index is 1.63. The van der Waals surface area contributed by atoms with Crippen LogP contribution >= 0.6 is 11.8 Å². The SMILES string of the molecule is CC(C)c1ccc(NC(=O)CCS(=O)(=O)c2ccc3c(c2)NC(=O)[C@H](C)S3)cc1. The molecule has 1 aliphatic rings. The predicted molar refractivity (Wildman–Crippen MR) is 116 cm³/mol. The van der Waals surface area contributed by atoms with Gasteiger partial charge in [0.1, 0.15) is 0 Å². The van der Waals surface area contributed by atoms with Crippen molar-refractivity contribution >= 4 is 44.8 Å². The van der Waals surface area contributed by atoms with Crippen LogP contribution in [-0.4, -0.2) is 31.2 Å². The number of anilines is 2. The van der Waals surface area contributed by atoms with E-state index in [1.807, 2.05) is 24.3 Å². The van der Waals surface area contributed by atoms with Crippen molar-refractivity contribution in [2.24, 2.45) is 0 Å². The molecule has 2 amide bonds. The van der Waals surface area contributed by atoms with Crippen molar-refractivity contribution in [1.82, 2.24) is 0 Å². The number of carbonyl (C=O) groups is 2. The van der Waals surface area contributed by atoms with Crippen molar-refractivity contribution in [2.45, 2.75) is 48.2 Å². The van der Waals surface area contributed by atoms with E-state index >= 15 is 0 Å². The summed E-state index contributed by atoms with van der Waals surface area (Å²) in [5.41, 5.74) is 2.30. The first-order valence-electron chi connectivity index (χ1n) is 9.40. The maximum atomic E-state index is 12.6. The fraction of sp³-hybridized carbons (Fsp3) is 0.333. The molecule has 154 valence electrons. The molecule has 0 saturated carbocycles. The average Bonchev–Trinajstić information content (AvgIpc) is 2.67. The molecule has 0 radical (unpaired) electrons. The van der Waals surface area contributed by atoms with Crippen molar-refractivity contribution in [3.8, 4) is 0 Å². The summed E-state index contributed by atoms with van der Waals surface area (Å²) in [5.74, 6) is -0.423. The fourth-order valence-corrected chi connectivity index (χ4v) is 5.09. The lowest BCUT2D eigenvalue weighted by Gasteiger charge is -2.21. The molecule has 3 rings (SSSR count). The van der Waals surface area contributed by atoms with Gasteiger partial charge >= 0.3 is 0 Å². The van der Waals surface area contributed by atoms with Gasteiger partial charge in [-0.1, -0.05) is 26.0 Å². The zero-order chi connectivity index (χ0) is 21.2. The van der Waals surface area contributed by atoms with E-state index < -0.39 is 9.84 Å². The second-order valence-corrected chi connectivity index (χ2v) is 10.8. The van der Waals surface area contributed by atoms with E-state index in [4.69, 9.17) is 0 Å². The van der Waals surface area contributed by atoms with E-state index in [9.17, 15) is 18.0 Å². The molecule has 29 heavy (non-hydrogen) atoms. The van der Waals surface area contributed by atoms with Gasteiger partial charge in [0.25, 0.3) is 0 Å². The molecular weight excluding hydrogens is 408 g/mol. The van der Waals surface area contributed by atoms with Crippen LogP contribution < -0.4 is 10.6 Å². The van der Waals surface area contributed by atoms with Crippen LogP contribution in [-0.2, 0) is 19.4 Å². The average molecular weight is 433 g/mol. The van der Waals surface area contributed by atoms with Gasteiger partial charge in [-0.3, -0.25) is 9.59 Å². The third-order valence-corrected chi connectivity index (χ3v) is 7.59. The molecule has 0 saturated heterocycles. The van der Waals surface area contributed by atoms with E-state index in [-0.39, 0.29) is 34.1 Å². The molecule has 0 unspecified atom stereocenters. The number of hydrogen-bond donors (Lipinski definition) is 2. The molecular formula is C21H24N2O4S2. The van der Waals surface area contributed by atoms with Crippen molar-refractivity contribution in [1.29, 1.82) is 0 Å². The van der Waals surface area contributed by atoms with E-state index in [0.717, 1.165) is 10.5 Å². The van der Waals surface area contributed by atoms with Gasteiger partial charge in [0.2, 0.25) is 11.8 Å². The largest absolute Gasteiger partial charge is 0.326 e. The monoisotopic (exact) mass is 432 g/mol. The number of fused-ring (bicyclic) bond motifs is 1. The van der Waals surface area contributed by atoms with Gasteiger partial charge in [-0.05, 0) is 48.7 Å². The molecule has 1 heterocycles. The summed E-state index contributed by atoms with van der Waals surface area (Å²) in [6.07, 6.45) is -0.149. The number of nitrogens with one attached hydrogen (secondary N) is 2. The van der Waals surface area contributed by atoms with Gasteiger partial charge in [-0.15, -0.1) is 11.8 Å². The summed E-state index contributed by atoms with van der Waals surface area (Å²) in [4.78, 5) is 24.9. The summed E-state index contributed by atoms with van der Waals surface area (Å²) in [5, 5.41) is 5.24. The standard InChI is InChI=1S/C21H24N2O4S2/c1-13(2)15-4-6-16(7-5-15)22-20(24)10-11-29(26,27)17-8-9-19-18(12-17)23-21(25)14(3)28-19/h4-9,12-14H,10-11H2,1-3H3,(H,22,24)(H,23,25)/t14-/m0/s1. The Kier molecular flexibility index (Phi) is 6.33. The van der Waals surface area contributed by atoms with E-state index in [1.54, 1.807) is 13.0 Å². The van der Waals surface area contributed by atoms with Crippen molar-refractivity contribution in [3.63, 3.8) is 0 Å². The van der Waals surface area contributed by atoms with Gasteiger partial charge in [0, 0.05) is 17.0 Å². The lowest BCUT2D eigenvalue weighted by Crippen LogP contribution is -2.26. The highest BCUT2D eigenvalue weighted by Gasteiger charge is 2.25. The molecule has 0 aromatic heterocycles. The molecule has 1 atom stereocenters. The van der Waals surface area contributed by atoms with Gasteiger partial charge in [0.15, 0.2) is 9.84 Å². The lowest BCUT2D eigenvalue weighted by atomic mass is 10.0. The summed E-state index contributed by atoms with van der Waals surface area (Å²) in [6.45, 7) is 5.97. The third-order valence-electron chi connectivity index (χ3n) is 4.70. The maximum absolute atomic E-state index is 12.6. The molecule has 0 fully saturated rings. The van der Waals surface area contributed by atoms with Crippen LogP contribution in [0.1, 0.15) is 38.7 Å². The second kappa shape index (κ2) is 8.59. The van der Waals surface area contributed by atoms with Crippen molar-refractivity contribution < 1.29 is 18.0 Å². The normalized spacial score (nSPS) is 16.3. The number of carbonyl (C=O) groups excluding carboxylic acids is 2. The molecule has 6 nitrogen and oxygen atoms in total. The number of rotatable bonds is 6. The van der Waals surface area contributed by atoms with Crippen molar-refractivity contribution in [2.75, 3.05) is 16.4 Å². The van der Waals surface area contributed by atoms with Crippen LogP contribution in [0.3, 0.4) is 0 Å². The summed E-state index contributed by atoms with van der Waals surface area (Å²) in [7, 11) is -3.65. The van der Waals surface area contributed by atoms with E-state index in [0.29, 0.717) is 17.3 Å². The van der Waals surface area contributed by atoms with E-state index in [1.165, 1.54) is 23.9 Å². The van der Waals surface area contributed by atoms with Crippen LogP contribution in [0.2, 0.25) is 0 Å². The Morgan fingerprint density at radius 3 is 2.52 bits per heavy atom. The lowest BCUT2D eigenvalue weighted by molar-refractivity contribution is -0.116. The Bertz CT molecular complexity index is 1030. The van der Waals surface area contributed by atoms with Crippen LogP contribution in [0, 0.1) is 0 Å². The highest BCUT2D eigenvalue weighted by atomic mass is 32.2. The third kappa shape index (κ3) is 5.19. The predicted octanol–water partition coefficient (Wildman–Crippen LogP) is 4.05. The molecule has 1 aliphatic heterocycles. The first kappa shape index (κ1) is 21.4. The molecule has 2 aromatic carbocycles. The minimum atomic E-state index is -3.65. The van der Waals surface area contributed by atoms with Crippen LogP contribution in [0.4, 0.5) is 11.4 Å². The van der Waals surface area contributed by atoms with Gasteiger partial charge in [-0.2, -0.15) is 0 Å². The Morgan fingerprint density at radius 1 is 1.17 bits per heavy atom. The fourth-order valence-electron chi connectivity index (χ4n) is 2.90. The highest BCUT2D eigenvalue weighted by Crippen LogP contribution is 2.36. The highest BCUT2D eigenvalue weighted by molar-refractivity contribution is 8.01. The Hall–Kier alpha value is -2.32. The summed E-state index contributed by atoms with van der Waals surface area (Å²) in [6, 6.07) is 12.2. The number of sulfone groups is 1. The topological polar surface area (TPSA) is 92.3 Å². The molecule has 8 heteroatoms. The molecule has 2 N–H and O–H groups in total. The van der Waals surface area contributed by atoms with E-state index in [2.05, 4.69) is 24.5 Å². The minimum absolute atomic E-state index is 0.0980. The minimum Gasteiger partial charge on any atom is -0.326 e. The van der Waals surface area contributed by atoms with Crippen LogP contribution in [0.5, 0.6) is 0 Å². The number of thioether (sulfide) groups is 1. The van der Waals surface area contributed by atoms with Gasteiger partial charge < -0.3 is 10.6 Å². The maximum Gasteiger partial charge on any atom is 0.237 e. The molecule has 0 bridgehead atoms. The molecule has 2 aromatic rings. The number of amides is 2. The Morgan fingerprint density at radius 2 is 1.86 bits per heavy atom.